The molecule has 4 rings (SSSR count). The maximum Gasteiger partial charge on any atom is 0.237 e. The number of aryl methyl sites for hydroxylation is 1. The van der Waals surface area contributed by atoms with Crippen LogP contribution in [-0.2, 0) is 16.6 Å². The van der Waals surface area contributed by atoms with E-state index in [2.05, 4.69) is 19.1 Å². The lowest BCUT2D eigenvalue weighted by atomic mass is 9.76. The lowest BCUT2D eigenvalue weighted by molar-refractivity contribution is -0.124. The van der Waals surface area contributed by atoms with Crippen molar-refractivity contribution >= 4 is 11.6 Å². The third-order valence-corrected chi connectivity index (χ3v) is 5.98. The fourth-order valence-corrected chi connectivity index (χ4v) is 4.62. The van der Waals surface area contributed by atoms with Gasteiger partial charge in [0.25, 0.3) is 0 Å². The molecule has 0 N–H and O–H groups in total. The summed E-state index contributed by atoms with van der Waals surface area (Å²) in [5.74, 6) is -0.0319. The van der Waals surface area contributed by atoms with Crippen LogP contribution in [0.1, 0.15) is 50.2 Å². The zero-order valence-corrected chi connectivity index (χ0v) is 14.7. The number of carbonyl (C=O) groups excluding carboxylic acids is 1. The van der Waals surface area contributed by atoms with Gasteiger partial charge in [0.1, 0.15) is 5.82 Å². The first-order valence-electron chi connectivity index (χ1n) is 9.29. The number of carbonyl (C=O) groups is 1. The van der Waals surface area contributed by atoms with Gasteiger partial charge < -0.3 is 4.90 Å². The number of anilines is 1. The summed E-state index contributed by atoms with van der Waals surface area (Å²) in [6.45, 7) is 2.11. The zero-order valence-electron chi connectivity index (χ0n) is 14.7. The fraction of sp³-hybridized carbons (Fsp3) is 0.409. The van der Waals surface area contributed by atoms with Crippen LogP contribution in [-0.4, -0.2) is 11.9 Å². The molecule has 1 heterocycles. The Hall–Kier alpha value is -2.16. The van der Waals surface area contributed by atoms with Gasteiger partial charge in [-0.15, -0.1) is 0 Å². The van der Waals surface area contributed by atoms with E-state index in [1.807, 2.05) is 23.1 Å². The van der Waals surface area contributed by atoms with Crippen molar-refractivity contribution in [3.63, 3.8) is 0 Å². The predicted octanol–water partition coefficient (Wildman–Crippen LogP) is 5.01. The van der Waals surface area contributed by atoms with Crippen molar-refractivity contribution in [2.24, 2.45) is 0 Å². The summed E-state index contributed by atoms with van der Waals surface area (Å²) in [7, 11) is 0. The SMILES string of the molecule is C[C@H]1CCc2cc(F)ccc2N1C(=O)C1(c2ccccc2)CCCC1. The number of hydrogen-bond donors (Lipinski definition) is 0. The monoisotopic (exact) mass is 337 g/mol. The summed E-state index contributed by atoms with van der Waals surface area (Å²) < 4.78 is 13.7. The topological polar surface area (TPSA) is 20.3 Å². The van der Waals surface area contributed by atoms with E-state index in [-0.39, 0.29) is 17.8 Å². The number of halogens is 1. The molecule has 2 aliphatic rings. The summed E-state index contributed by atoms with van der Waals surface area (Å²) >= 11 is 0. The van der Waals surface area contributed by atoms with Crippen molar-refractivity contribution in [3.05, 3.63) is 65.5 Å². The number of amides is 1. The Morgan fingerprint density at radius 1 is 1.12 bits per heavy atom. The minimum absolute atomic E-state index is 0.145. The van der Waals surface area contributed by atoms with Crippen LogP contribution in [0.5, 0.6) is 0 Å². The highest BCUT2D eigenvalue weighted by molar-refractivity contribution is 6.02. The Kier molecular flexibility index (Phi) is 4.10. The predicted molar refractivity (Wildman–Crippen MR) is 98.3 cm³/mol. The van der Waals surface area contributed by atoms with E-state index in [4.69, 9.17) is 0 Å². The molecule has 0 bridgehead atoms. The largest absolute Gasteiger partial charge is 0.309 e. The van der Waals surface area contributed by atoms with Crippen LogP contribution < -0.4 is 4.90 Å². The van der Waals surface area contributed by atoms with Gasteiger partial charge in [0.15, 0.2) is 0 Å². The van der Waals surface area contributed by atoms with E-state index in [1.165, 1.54) is 6.07 Å². The Bertz CT molecular complexity index is 780. The van der Waals surface area contributed by atoms with E-state index in [0.717, 1.165) is 55.3 Å². The molecule has 2 aromatic carbocycles. The smallest absolute Gasteiger partial charge is 0.237 e. The Morgan fingerprint density at radius 2 is 1.84 bits per heavy atom. The van der Waals surface area contributed by atoms with E-state index in [9.17, 15) is 9.18 Å². The maximum atomic E-state index is 13.8. The normalized spacial score (nSPS) is 21.8. The summed E-state index contributed by atoms with van der Waals surface area (Å²) in [6, 6.07) is 15.2. The van der Waals surface area contributed by atoms with E-state index >= 15 is 0 Å². The van der Waals surface area contributed by atoms with E-state index < -0.39 is 5.41 Å². The van der Waals surface area contributed by atoms with Crippen LogP contribution in [0.4, 0.5) is 10.1 Å². The van der Waals surface area contributed by atoms with Crippen molar-refractivity contribution in [1.82, 2.24) is 0 Å². The van der Waals surface area contributed by atoms with E-state index in [0.29, 0.717) is 0 Å². The van der Waals surface area contributed by atoms with Crippen LogP contribution in [0.3, 0.4) is 0 Å². The van der Waals surface area contributed by atoms with Gasteiger partial charge in [-0.25, -0.2) is 4.39 Å². The molecule has 1 fully saturated rings. The van der Waals surface area contributed by atoms with Gasteiger partial charge in [0, 0.05) is 11.7 Å². The molecule has 0 unspecified atom stereocenters. The standard InChI is InChI=1S/C22H24FNO/c1-16-9-10-17-15-19(23)11-12-20(17)24(16)21(25)22(13-5-6-14-22)18-7-3-2-4-8-18/h2-4,7-8,11-12,15-16H,5-6,9-10,13-14H2,1H3/t16-/m0/s1. The number of rotatable bonds is 2. The van der Waals surface area contributed by atoms with Crippen LogP contribution in [0.15, 0.2) is 48.5 Å². The molecule has 130 valence electrons. The first kappa shape index (κ1) is 16.3. The highest BCUT2D eigenvalue weighted by Crippen LogP contribution is 2.45. The molecule has 2 nitrogen and oxygen atoms in total. The average molecular weight is 337 g/mol. The minimum Gasteiger partial charge on any atom is -0.309 e. The first-order valence-corrected chi connectivity index (χ1v) is 9.29. The van der Waals surface area contributed by atoms with Gasteiger partial charge >= 0.3 is 0 Å². The third-order valence-electron chi connectivity index (χ3n) is 5.98. The lowest BCUT2D eigenvalue weighted by Gasteiger charge is -2.41. The summed E-state index contributed by atoms with van der Waals surface area (Å²) in [4.78, 5) is 15.8. The van der Waals surface area contributed by atoms with Gasteiger partial charge in [-0.2, -0.15) is 0 Å². The van der Waals surface area contributed by atoms with Crippen molar-refractivity contribution in [1.29, 1.82) is 0 Å². The van der Waals surface area contributed by atoms with Crippen LogP contribution >= 0.6 is 0 Å². The maximum absolute atomic E-state index is 13.8. The molecule has 3 heteroatoms. The second kappa shape index (κ2) is 6.29. The minimum atomic E-state index is -0.432. The lowest BCUT2D eigenvalue weighted by Crippen LogP contribution is -2.51. The van der Waals surface area contributed by atoms with Crippen LogP contribution in [0.25, 0.3) is 0 Å². The van der Waals surface area contributed by atoms with Crippen LogP contribution in [0, 0.1) is 5.82 Å². The number of benzene rings is 2. The molecule has 25 heavy (non-hydrogen) atoms. The molecule has 1 atom stereocenters. The van der Waals surface area contributed by atoms with Crippen molar-refractivity contribution in [2.45, 2.75) is 56.9 Å². The quantitative estimate of drug-likeness (QED) is 0.755. The number of hydrogen-bond acceptors (Lipinski definition) is 1. The first-order chi connectivity index (χ1) is 12.1. The van der Waals surface area contributed by atoms with Gasteiger partial charge in [-0.05, 0) is 61.9 Å². The van der Waals surface area contributed by atoms with Crippen molar-refractivity contribution in [2.75, 3.05) is 4.90 Å². The molecule has 0 spiro atoms. The third kappa shape index (κ3) is 2.66. The molecule has 0 aromatic heterocycles. The number of fused-ring (bicyclic) bond motifs is 1. The highest BCUT2D eigenvalue weighted by atomic mass is 19.1. The molecular weight excluding hydrogens is 313 g/mol. The summed E-state index contributed by atoms with van der Waals surface area (Å²) in [6.07, 6.45) is 5.67. The molecular formula is C22H24FNO. The second-order valence-electron chi connectivity index (χ2n) is 7.49. The molecule has 0 saturated heterocycles. The molecule has 1 aliphatic carbocycles. The number of nitrogens with zero attached hydrogens (tertiary/aromatic N) is 1. The van der Waals surface area contributed by atoms with Crippen LogP contribution in [0.2, 0.25) is 0 Å². The van der Waals surface area contributed by atoms with E-state index in [1.54, 1.807) is 12.1 Å². The molecule has 1 amide bonds. The van der Waals surface area contributed by atoms with Gasteiger partial charge in [-0.3, -0.25) is 4.79 Å². The van der Waals surface area contributed by atoms with Crippen molar-refractivity contribution < 1.29 is 9.18 Å². The second-order valence-corrected chi connectivity index (χ2v) is 7.49. The molecule has 2 aromatic rings. The summed E-state index contributed by atoms with van der Waals surface area (Å²) in [5.41, 5.74) is 2.54. The molecule has 0 radical (unpaired) electrons. The van der Waals surface area contributed by atoms with Crippen molar-refractivity contribution in [3.8, 4) is 0 Å². The Morgan fingerprint density at radius 3 is 2.56 bits per heavy atom. The fourth-order valence-electron chi connectivity index (χ4n) is 4.62. The van der Waals surface area contributed by atoms with Gasteiger partial charge in [-0.1, -0.05) is 43.2 Å². The highest BCUT2D eigenvalue weighted by Gasteiger charge is 2.47. The molecule has 1 saturated carbocycles. The van der Waals surface area contributed by atoms with Gasteiger partial charge in [0.2, 0.25) is 5.91 Å². The van der Waals surface area contributed by atoms with Gasteiger partial charge in [0.05, 0.1) is 5.41 Å². The average Bonchev–Trinajstić information content (AvgIpc) is 3.13. The molecule has 1 aliphatic heterocycles. The Balaban J connectivity index is 1.79. The zero-order chi connectivity index (χ0) is 17.4. The summed E-state index contributed by atoms with van der Waals surface area (Å²) in [5, 5.41) is 0. The Labute approximate surface area is 148 Å².